The number of nitrogen functional groups attached to an aromatic ring is 1. The number of fused-ring (bicyclic) bond motifs is 2. The van der Waals surface area contributed by atoms with Gasteiger partial charge in [0.05, 0.1) is 11.6 Å². The van der Waals surface area contributed by atoms with E-state index in [0.717, 1.165) is 18.2 Å². The summed E-state index contributed by atoms with van der Waals surface area (Å²) in [5, 5.41) is 20.2. The van der Waals surface area contributed by atoms with Crippen molar-refractivity contribution in [3.8, 4) is 17.2 Å². The Morgan fingerprint density at radius 2 is 1.86 bits per heavy atom. The van der Waals surface area contributed by atoms with Gasteiger partial charge in [-0.3, -0.25) is 0 Å². The van der Waals surface area contributed by atoms with Gasteiger partial charge >= 0.3 is 0 Å². The van der Waals surface area contributed by atoms with Gasteiger partial charge in [-0.2, -0.15) is 5.26 Å². The molecule has 2 aliphatic carbocycles. The maximum Gasteiger partial charge on any atom is 0.281 e. The minimum absolute atomic E-state index is 0.0385. The lowest BCUT2D eigenvalue weighted by atomic mass is 9.74. The minimum Gasteiger partial charge on any atom is -0.384 e. The number of anilines is 1. The topological polar surface area (TPSA) is 82.9 Å². The van der Waals surface area contributed by atoms with Crippen molar-refractivity contribution in [1.29, 1.82) is 5.26 Å². The van der Waals surface area contributed by atoms with Crippen LogP contribution in [0.15, 0.2) is 30.3 Å². The number of aliphatic hydroxyl groups excluding tert-OH is 1. The highest BCUT2D eigenvalue weighted by Gasteiger charge is 2.50. The molecule has 0 amide bonds. The summed E-state index contributed by atoms with van der Waals surface area (Å²) < 4.78 is 74.2. The third kappa shape index (κ3) is 3.55. The molecule has 0 radical (unpaired) electrons. The summed E-state index contributed by atoms with van der Waals surface area (Å²) >= 11 is 0. The van der Waals surface area contributed by atoms with Gasteiger partial charge in [-0.05, 0) is 72.4 Å². The number of alkyl halides is 3. The van der Waals surface area contributed by atoms with Crippen LogP contribution in [-0.2, 0) is 6.42 Å². The van der Waals surface area contributed by atoms with Crippen LogP contribution in [-0.4, -0.2) is 16.0 Å². The summed E-state index contributed by atoms with van der Waals surface area (Å²) in [7, 11) is 0. The lowest BCUT2D eigenvalue weighted by molar-refractivity contribution is -0.0967. The standard InChI is InChI=1S/C26H20F5N3O/c1-11-14(3-5-21(33)34-11)23-20(29)8-16(18-9-26(30,31)25(35)24(18)23)15-2-4-19(28)17-7-13(27)6-12(10-32)22(15)17/h3,5-8,15,19,25,35H,2,4,9H2,1H3,(H2,33,34)/t15?,19-,25-/m0/s1. The maximum absolute atomic E-state index is 15.7. The van der Waals surface area contributed by atoms with E-state index in [9.17, 15) is 27.9 Å². The van der Waals surface area contributed by atoms with Crippen molar-refractivity contribution in [2.75, 3.05) is 5.73 Å². The average molecular weight is 485 g/mol. The van der Waals surface area contributed by atoms with E-state index < -0.39 is 42.2 Å². The molecule has 35 heavy (non-hydrogen) atoms. The Labute approximate surface area is 197 Å². The zero-order valence-corrected chi connectivity index (χ0v) is 18.5. The molecular formula is C26H20F5N3O. The molecule has 0 saturated heterocycles. The fourth-order valence-electron chi connectivity index (χ4n) is 5.51. The van der Waals surface area contributed by atoms with Gasteiger partial charge in [-0.25, -0.2) is 26.9 Å². The molecular weight excluding hydrogens is 465 g/mol. The maximum atomic E-state index is 15.7. The number of nitrogens with two attached hydrogens (primary N) is 1. The molecule has 4 nitrogen and oxygen atoms in total. The third-order valence-corrected chi connectivity index (χ3v) is 6.99. The number of pyridine rings is 1. The Bertz CT molecular complexity index is 1420. The van der Waals surface area contributed by atoms with Crippen molar-refractivity contribution < 1.29 is 27.1 Å². The molecule has 3 atom stereocenters. The van der Waals surface area contributed by atoms with E-state index in [4.69, 9.17) is 5.73 Å². The SMILES string of the molecule is Cc1nc(N)ccc1-c1c(F)cc(C2CC[C@H](F)c3cc(F)cc(C#N)c32)c2c1[C@H](O)C(F)(F)C2. The first-order valence-electron chi connectivity index (χ1n) is 11.1. The van der Waals surface area contributed by atoms with Crippen molar-refractivity contribution in [3.63, 3.8) is 0 Å². The van der Waals surface area contributed by atoms with E-state index in [2.05, 4.69) is 4.98 Å². The van der Waals surface area contributed by atoms with Gasteiger partial charge in [0.2, 0.25) is 0 Å². The number of aryl methyl sites for hydroxylation is 1. The molecule has 1 unspecified atom stereocenters. The summed E-state index contributed by atoms with van der Waals surface area (Å²) in [5.41, 5.74) is 5.90. The second-order valence-corrected chi connectivity index (χ2v) is 9.09. The Hall–Kier alpha value is -3.51. The number of halogens is 5. The monoisotopic (exact) mass is 485 g/mol. The number of rotatable bonds is 2. The zero-order valence-electron chi connectivity index (χ0n) is 18.5. The third-order valence-electron chi connectivity index (χ3n) is 6.99. The van der Waals surface area contributed by atoms with Gasteiger partial charge in [0.25, 0.3) is 5.92 Å². The molecule has 0 saturated carbocycles. The molecule has 3 aromatic rings. The Morgan fingerprint density at radius 1 is 1.11 bits per heavy atom. The molecule has 0 bridgehead atoms. The van der Waals surface area contributed by atoms with Crippen LogP contribution in [0.1, 0.15) is 70.1 Å². The Kier molecular flexibility index (Phi) is 5.33. The second kappa shape index (κ2) is 8.02. The van der Waals surface area contributed by atoms with Crippen LogP contribution in [0.3, 0.4) is 0 Å². The molecule has 5 rings (SSSR count). The lowest BCUT2D eigenvalue weighted by Crippen LogP contribution is -2.22. The molecule has 180 valence electrons. The second-order valence-electron chi connectivity index (χ2n) is 9.09. The number of nitriles is 1. The highest BCUT2D eigenvalue weighted by molar-refractivity contribution is 5.75. The van der Waals surface area contributed by atoms with Gasteiger partial charge in [0.15, 0.2) is 0 Å². The fourth-order valence-corrected chi connectivity index (χ4v) is 5.51. The van der Waals surface area contributed by atoms with Gasteiger partial charge in [-0.15, -0.1) is 0 Å². The van der Waals surface area contributed by atoms with Crippen LogP contribution in [0, 0.1) is 29.9 Å². The van der Waals surface area contributed by atoms with E-state index in [1.807, 2.05) is 6.07 Å². The number of hydrogen-bond donors (Lipinski definition) is 2. The Balaban J connectivity index is 1.80. The first-order chi connectivity index (χ1) is 16.5. The highest BCUT2D eigenvalue weighted by Crippen LogP contribution is 2.53. The van der Waals surface area contributed by atoms with Crippen LogP contribution < -0.4 is 5.73 Å². The fraction of sp³-hybridized carbons (Fsp3) is 0.308. The van der Waals surface area contributed by atoms with Crippen LogP contribution >= 0.6 is 0 Å². The van der Waals surface area contributed by atoms with Gasteiger partial charge in [0.1, 0.15) is 29.7 Å². The average Bonchev–Trinajstić information content (AvgIpc) is 3.03. The molecule has 3 N–H and O–H groups in total. The van der Waals surface area contributed by atoms with Crippen molar-refractivity contribution in [3.05, 3.63) is 81.0 Å². The smallest absolute Gasteiger partial charge is 0.281 e. The zero-order chi connectivity index (χ0) is 25.2. The van der Waals surface area contributed by atoms with Crippen molar-refractivity contribution >= 4 is 5.82 Å². The van der Waals surface area contributed by atoms with Gasteiger partial charge in [0, 0.05) is 34.7 Å². The number of nitrogens with zero attached hydrogens (tertiary/aromatic N) is 2. The summed E-state index contributed by atoms with van der Waals surface area (Å²) in [4.78, 5) is 4.09. The molecule has 1 aromatic heterocycles. The molecule has 0 spiro atoms. The normalized spacial score (nSPS) is 22.4. The van der Waals surface area contributed by atoms with Crippen LogP contribution in [0.5, 0.6) is 0 Å². The molecule has 1 heterocycles. The number of benzene rings is 2. The van der Waals surface area contributed by atoms with Gasteiger partial charge < -0.3 is 10.8 Å². The number of aromatic nitrogens is 1. The van der Waals surface area contributed by atoms with Crippen LogP contribution in [0.4, 0.5) is 27.8 Å². The van der Waals surface area contributed by atoms with E-state index in [1.54, 1.807) is 6.92 Å². The quantitative estimate of drug-likeness (QED) is 0.440. The molecule has 0 aliphatic heterocycles. The van der Waals surface area contributed by atoms with Crippen LogP contribution in [0.25, 0.3) is 11.1 Å². The predicted molar refractivity (Wildman–Crippen MR) is 118 cm³/mol. The lowest BCUT2D eigenvalue weighted by Gasteiger charge is -2.31. The van der Waals surface area contributed by atoms with E-state index in [0.29, 0.717) is 5.69 Å². The van der Waals surface area contributed by atoms with Crippen LogP contribution in [0.2, 0.25) is 0 Å². The summed E-state index contributed by atoms with van der Waals surface area (Å²) in [6.07, 6.45) is -4.63. The minimum atomic E-state index is -3.57. The predicted octanol–water partition coefficient (Wildman–Crippen LogP) is 5.95. The van der Waals surface area contributed by atoms with Crippen molar-refractivity contribution in [2.24, 2.45) is 0 Å². The van der Waals surface area contributed by atoms with E-state index >= 15 is 4.39 Å². The van der Waals surface area contributed by atoms with Crippen molar-refractivity contribution in [2.45, 2.75) is 50.3 Å². The summed E-state index contributed by atoms with van der Waals surface area (Å²) in [6, 6.07) is 7.78. The van der Waals surface area contributed by atoms with E-state index in [1.165, 1.54) is 12.1 Å². The summed E-state index contributed by atoms with van der Waals surface area (Å²) in [6.45, 7) is 1.55. The molecule has 0 fully saturated rings. The number of aliphatic hydroxyl groups is 1. The van der Waals surface area contributed by atoms with E-state index in [-0.39, 0.29) is 63.2 Å². The first-order valence-corrected chi connectivity index (χ1v) is 11.1. The van der Waals surface area contributed by atoms with Crippen molar-refractivity contribution in [1.82, 2.24) is 4.98 Å². The number of hydrogen-bond acceptors (Lipinski definition) is 4. The molecule has 2 aromatic carbocycles. The summed E-state index contributed by atoms with van der Waals surface area (Å²) in [5.74, 6) is -5.88. The first kappa shape index (κ1) is 23.2. The Morgan fingerprint density at radius 3 is 2.54 bits per heavy atom. The highest BCUT2D eigenvalue weighted by atomic mass is 19.3. The molecule has 2 aliphatic rings. The molecule has 9 heteroatoms. The largest absolute Gasteiger partial charge is 0.384 e. The van der Waals surface area contributed by atoms with Gasteiger partial charge in [-0.1, -0.05) is 0 Å².